The average molecular weight is 518 g/mol. The molecule has 2 atom stereocenters. The van der Waals surface area contributed by atoms with Crippen LogP contribution in [0.4, 0.5) is 11.4 Å². The summed E-state index contributed by atoms with van der Waals surface area (Å²) in [6.45, 7) is 14.4. The van der Waals surface area contributed by atoms with Gasteiger partial charge < -0.3 is 15.5 Å². The number of carbonyl (C=O) groups is 1. The SMILES string of the molecule is CC.Cc1cncc(C(=O)Nc2cccc([C@H](C)NC(C)C=N/C(=C/N(C)c3ccccc3)C(C)C)c2)c1.[HH].[HH]. The van der Waals surface area contributed by atoms with E-state index < -0.39 is 0 Å². The number of aliphatic imine (C=N–C) groups is 1. The number of nitrogens with one attached hydrogen (secondary N) is 2. The van der Waals surface area contributed by atoms with Crippen molar-refractivity contribution in [3.05, 3.63) is 102 Å². The van der Waals surface area contributed by atoms with Crippen LogP contribution in [0, 0.1) is 12.8 Å². The van der Waals surface area contributed by atoms with E-state index in [1.807, 2.05) is 76.5 Å². The monoisotopic (exact) mass is 517 g/mol. The smallest absolute Gasteiger partial charge is 0.257 e. The fourth-order valence-electron chi connectivity index (χ4n) is 3.77. The Balaban J connectivity index is 0.00000372. The molecule has 206 valence electrons. The number of para-hydroxylation sites is 1. The standard InChI is InChI=1S/C30H37N5O.C2H6.2H2/c1-21(2)29(20-35(6)28-13-8-7-9-14-28)32-18-23(4)33-24(5)25-11-10-12-27(16-25)34-30(36)26-15-22(3)17-31-19-26;1-2;;/h7-21,23-24,33H,1-6H3,(H,34,36);1-2H3;2*1H/b29-20+,32-18?;;;/t23?,24-;;;/m0.../s1. The second-order valence-electron chi connectivity index (χ2n) is 9.44. The third-order valence-corrected chi connectivity index (χ3v) is 5.82. The van der Waals surface area contributed by atoms with Crippen LogP contribution in [0.25, 0.3) is 0 Å². The van der Waals surface area contributed by atoms with E-state index in [0.717, 1.165) is 28.2 Å². The molecule has 3 aromatic rings. The Morgan fingerprint density at radius 2 is 1.71 bits per heavy atom. The highest BCUT2D eigenvalue weighted by Gasteiger charge is 2.12. The van der Waals surface area contributed by atoms with E-state index in [1.165, 1.54) is 0 Å². The van der Waals surface area contributed by atoms with E-state index in [2.05, 4.69) is 72.6 Å². The average Bonchev–Trinajstić information content (AvgIpc) is 2.92. The van der Waals surface area contributed by atoms with Crippen molar-refractivity contribution in [3.8, 4) is 0 Å². The zero-order valence-corrected chi connectivity index (χ0v) is 24.1. The topological polar surface area (TPSA) is 69.6 Å². The molecule has 38 heavy (non-hydrogen) atoms. The molecule has 6 heteroatoms. The number of rotatable bonds is 10. The summed E-state index contributed by atoms with van der Waals surface area (Å²) in [6.07, 6.45) is 7.35. The molecule has 3 rings (SSSR count). The molecule has 1 heterocycles. The minimum atomic E-state index is -0.169. The summed E-state index contributed by atoms with van der Waals surface area (Å²) >= 11 is 0. The lowest BCUT2D eigenvalue weighted by molar-refractivity contribution is 0.102. The van der Waals surface area contributed by atoms with Crippen LogP contribution >= 0.6 is 0 Å². The molecule has 2 aromatic carbocycles. The summed E-state index contributed by atoms with van der Waals surface area (Å²) in [5, 5.41) is 6.56. The van der Waals surface area contributed by atoms with Gasteiger partial charge in [0.05, 0.1) is 11.3 Å². The van der Waals surface area contributed by atoms with Crippen molar-refractivity contribution in [3.63, 3.8) is 0 Å². The molecule has 0 spiro atoms. The van der Waals surface area contributed by atoms with Gasteiger partial charge in [-0.15, -0.1) is 0 Å². The molecule has 0 radical (unpaired) electrons. The van der Waals surface area contributed by atoms with Gasteiger partial charge in [0.2, 0.25) is 0 Å². The predicted octanol–water partition coefficient (Wildman–Crippen LogP) is 7.90. The van der Waals surface area contributed by atoms with Crippen molar-refractivity contribution < 1.29 is 7.65 Å². The fourth-order valence-corrected chi connectivity index (χ4v) is 3.77. The van der Waals surface area contributed by atoms with E-state index >= 15 is 0 Å². The maximum absolute atomic E-state index is 12.6. The van der Waals surface area contributed by atoms with Crippen molar-refractivity contribution in [2.75, 3.05) is 17.3 Å². The van der Waals surface area contributed by atoms with Crippen LogP contribution in [0.1, 0.15) is 71.9 Å². The summed E-state index contributed by atoms with van der Waals surface area (Å²) in [5.41, 5.74) is 5.46. The van der Waals surface area contributed by atoms with E-state index in [4.69, 9.17) is 4.99 Å². The third kappa shape index (κ3) is 9.60. The Morgan fingerprint density at radius 3 is 2.37 bits per heavy atom. The number of carbonyl (C=O) groups excluding carboxylic acids is 1. The van der Waals surface area contributed by atoms with E-state index in [-0.39, 0.29) is 20.8 Å². The van der Waals surface area contributed by atoms with Crippen molar-refractivity contribution in [1.29, 1.82) is 0 Å². The number of amides is 1. The van der Waals surface area contributed by atoms with Gasteiger partial charge in [0.1, 0.15) is 0 Å². The Bertz CT molecular complexity index is 1210. The van der Waals surface area contributed by atoms with Crippen LogP contribution < -0.4 is 15.5 Å². The first-order valence-electron chi connectivity index (χ1n) is 13.4. The highest BCUT2D eigenvalue weighted by molar-refractivity contribution is 6.04. The van der Waals surface area contributed by atoms with Crippen molar-refractivity contribution in [2.24, 2.45) is 10.9 Å². The van der Waals surface area contributed by atoms with E-state index in [9.17, 15) is 4.79 Å². The molecule has 0 aliphatic carbocycles. The van der Waals surface area contributed by atoms with Crippen LogP contribution in [0.15, 0.2) is 89.9 Å². The van der Waals surface area contributed by atoms with Gasteiger partial charge in [0.15, 0.2) is 0 Å². The van der Waals surface area contributed by atoms with E-state index in [1.54, 1.807) is 12.4 Å². The molecular formula is C32H47N5O. The van der Waals surface area contributed by atoms with Crippen LogP contribution in [-0.2, 0) is 0 Å². The summed E-state index contributed by atoms with van der Waals surface area (Å²) in [6, 6.07) is 20.1. The lowest BCUT2D eigenvalue weighted by atomic mass is 10.1. The first kappa shape index (κ1) is 30.5. The van der Waals surface area contributed by atoms with Gasteiger partial charge in [0.25, 0.3) is 5.91 Å². The number of hydrogen-bond donors (Lipinski definition) is 2. The van der Waals surface area contributed by atoms with Gasteiger partial charge in [-0.1, -0.05) is 58.0 Å². The van der Waals surface area contributed by atoms with Crippen LogP contribution in [0.2, 0.25) is 0 Å². The van der Waals surface area contributed by atoms with Crippen molar-refractivity contribution in [2.45, 2.75) is 60.5 Å². The highest BCUT2D eigenvalue weighted by atomic mass is 16.1. The molecule has 0 saturated carbocycles. The zero-order chi connectivity index (χ0) is 28.1. The van der Waals surface area contributed by atoms with Crippen molar-refractivity contribution >= 4 is 23.5 Å². The van der Waals surface area contributed by atoms with Gasteiger partial charge in [-0.3, -0.25) is 14.8 Å². The molecule has 0 aliphatic rings. The van der Waals surface area contributed by atoms with Crippen molar-refractivity contribution in [1.82, 2.24) is 10.3 Å². The molecule has 1 unspecified atom stereocenters. The number of benzene rings is 2. The number of hydrogen-bond acceptors (Lipinski definition) is 5. The lowest BCUT2D eigenvalue weighted by Gasteiger charge is -2.20. The lowest BCUT2D eigenvalue weighted by Crippen LogP contribution is -2.30. The molecular weight excluding hydrogens is 470 g/mol. The van der Waals surface area contributed by atoms with Crippen LogP contribution in [-0.4, -0.2) is 30.2 Å². The Labute approximate surface area is 231 Å². The summed E-state index contributed by atoms with van der Waals surface area (Å²) in [7, 11) is 2.04. The number of nitrogens with zero attached hydrogens (tertiary/aromatic N) is 3. The number of aryl methyl sites for hydroxylation is 1. The Hall–Kier alpha value is -3.77. The quantitative estimate of drug-likeness (QED) is 0.268. The zero-order valence-electron chi connectivity index (χ0n) is 24.1. The fraction of sp³-hybridized carbons (Fsp3) is 0.344. The van der Waals surface area contributed by atoms with Crippen LogP contribution in [0.3, 0.4) is 0 Å². The molecule has 0 bridgehead atoms. The minimum Gasteiger partial charge on any atom is -0.349 e. The first-order chi connectivity index (χ1) is 18.2. The number of allylic oxidation sites excluding steroid dienone is 1. The first-order valence-corrected chi connectivity index (χ1v) is 13.4. The van der Waals surface area contributed by atoms with Crippen LogP contribution in [0.5, 0.6) is 0 Å². The van der Waals surface area contributed by atoms with Gasteiger partial charge in [-0.05, 0) is 68.1 Å². The van der Waals surface area contributed by atoms with Gasteiger partial charge in [-0.25, -0.2) is 0 Å². The normalized spacial score (nSPS) is 13.0. The van der Waals surface area contributed by atoms with Gasteiger partial charge in [-0.2, -0.15) is 0 Å². The maximum atomic E-state index is 12.6. The highest BCUT2D eigenvalue weighted by Crippen LogP contribution is 2.20. The largest absolute Gasteiger partial charge is 0.349 e. The van der Waals surface area contributed by atoms with Gasteiger partial charge in [0, 0.05) is 58.2 Å². The summed E-state index contributed by atoms with van der Waals surface area (Å²) in [5.74, 6) is 0.124. The molecule has 0 fully saturated rings. The number of anilines is 2. The second-order valence-corrected chi connectivity index (χ2v) is 9.44. The van der Waals surface area contributed by atoms with Gasteiger partial charge >= 0.3 is 0 Å². The second kappa shape index (κ2) is 15.5. The molecule has 2 N–H and O–H groups in total. The molecule has 1 amide bonds. The summed E-state index contributed by atoms with van der Waals surface area (Å²) in [4.78, 5) is 23.6. The number of pyridine rings is 1. The number of aromatic nitrogens is 1. The predicted molar refractivity (Wildman–Crippen MR) is 166 cm³/mol. The molecule has 0 saturated heterocycles. The minimum absolute atomic E-state index is 0. The molecule has 1 aromatic heterocycles. The third-order valence-electron chi connectivity index (χ3n) is 5.82. The van der Waals surface area contributed by atoms with E-state index in [0.29, 0.717) is 11.5 Å². The molecule has 6 nitrogen and oxygen atoms in total. The Morgan fingerprint density at radius 1 is 1.00 bits per heavy atom. The summed E-state index contributed by atoms with van der Waals surface area (Å²) < 4.78 is 0. The Kier molecular flexibility index (Phi) is 12.4. The molecule has 0 aliphatic heterocycles. The maximum Gasteiger partial charge on any atom is 0.257 e.